The first-order chi connectivity index (χ1) is 17.4. The van der Waals surface area contributed by atoms with Gasteiger partial charge in [0.2, 0.25) is 20.8 Å². The van der Waals surface area contributed by atoms with Crippen molar-refractivity contribution in [3.05, 3.63) is 97.0 Å². The SMILES string of the molecule is Cc1ccc(S(=O)(=O)c2ncoc2-c2nc(-c3ccccc3)oc2-c2cn(C)c3ccccc23)cc1. The molecule has 7 nitrogen and oxygen atoms in total. The first kappa shape index (κ1) is 22.1. The Morgan fingerprint density at radius 3 is 2.36 bits per heavy atom. The lowest BCUT2D eigenvalue weighted by Crippen LogP contribution is -2.04. The van der Waals surface area contributed by atoms with Crippen molar-refractivity contribution in [1.82, 2.24) is 14.5 Å². The van der Waals surface area contributed by atoms with Gasteiger partial charge in [0.25, 0.3) is 0 Å². The maximum Gasteiger partial charge on any atom is 0.227 e. The Balaban J connectivity index is 1.60. The van der Waals surface area contributed by atoms with Crippen LogP contribution in [-0.2, 0) is 16.9 Å². The number of aromatic nitrogens is 3. The van der Waals surface area contributed by atoms with Crippen molar-refractivity contribution in [2.45, 2.75) is 16.8 Å². The predicted octanol–water partition coefficient (Wildman–Crippen LogP) is 6.30. The first-order valence-corrected chi connectivity index (χ1v) is 12.8. The van der Waals surface area contributed by atoms with E-state index in [1.165, 1.54) is 0 Å². The molecule has 3 heterocycles. The van der Waals surface area contributed by atoms with Crippen molar-refractivity contribution in [2.24, 2.45) is 7.05 Å². The predicted molar refractivity (Wildman–Crippen MR) is 136 cm³/mol. The Kier molecular flexibility index (Phi) is 5.12. The number of aryl methyl sites for hydroxylation is 2. The van der Waals surface area contributed by atoms with E-state index in [1.54, 1.807) is 24.3 Å². The molecule has 0 spiro atoms. The Morgan fingerprint density at radius 2 is 1.58 bits per heavy atom. The standard InChI is InChI=1S/C28H21N3O4S/c1-18-12-14-20(15-13-18)36(32,33)28-26(34-17-29-28)24-25(35-27(30-24)19-8-4-3-5-9-19)22-16-31(2)23-11-7-6-10-21(22)23/h3-17H,1-2H3. The van der Waals surface area contributed by atoms with E-state index in [2.05, 4.69) is 4.98 Å². The van der Waals surface area contributed by atoms with E-state index in [0.29, 0.717) is 11.7 Å². The molecule has 0 aliphatic carbocycles. The molecule has 0 N–H and O–H groups in total. The lowest BCUT2D eigenvalue weighted by molar-refractivity contribution is 0.563. The van der Waals surface area contributed by atoms with Crippen LogP contribution < -0.4 is 0 Å². The molecule has 6 aromatic rings. The Morgan fingerprint density at radius 1 is 0.861 bits per heavy atom. The Labute approximate surface area is 207 Å². The maximum atomic E-state index is 13.6. The summed E-state index contributed by atoms with van der Waals surface area (Å²) in [5.74, 6) is 0.788. The van der Waals surface area contributed by atoms with Crippen LogP contribution in [0.3, 0.4) is 0 Å². The average molecular weight is 496 g/mol. The topological polar surface area (TPSA) is 91.1 Å². The van der Waals surface area contributed by atoms with Crippen molar-refractivity contribution >= 4 is 20.7 Å². The number of rotatable bonds is 5. The Bertz CT molecular complexity index is 1810. The van der Waals surface area contributed by atoms with E-state index in [4.69, 9.17) is 13.8 Å². The zero-order valence-electron chi connectivity index (χ0n) is 19.5. The van der Waals surface area contributed by atoms with Crippen LogP contribution in [0.5, 0.6) is 0 Å². The monoisotopic (exact) mass is 495 g/mol. The third-order valence-corrected chi connectivity index (χ3v) is 7.82. The van der Waals surface area contributed by atoms with Crippen LogP contribution in [0.15, 0.2) is 110 Å². The van der Waals surface area contributed by atoms with Gasteiger partial charge in [-0.3, -0.25) is 0 Å². The molecule has 3 aromatic heterocycles. The van der Waals surface area contributed by atoms with Crippen molar-refractivity contribution in [1.29, 1.82) is 0 Å². The van der Waals surface area contributed by atoms with Gasteiger partial charge in [0, 0.05) is 35.3 Å². The van der Waals surface area contributed by atoms with E-state index in [0.717, 1.165) is 34.0 Å². The van der Waals surface area contributed by atoms with E-state index in [9.17, 15) is 8.42 Å². The summed E-state index contributed by atoms with van der Waals surface area (Å²) in [6.45, 7) is 1.90. The summed E-state index contributed by atoms with van der Waals surface area (Å²) in [6, 6.07) is 24.0. The molecule has 3 aromatic carbocycles. The smallest absolute Gasteiger partial charge is 0.227 e. The average Bonchev–Trinajstić information content (AvgIpc) is 3.62. The minimum absolute atomic E-state index is 0.0319. The van der Waals surface area contributed by atoms with Gasteiger partial charge < -0.3 is 13.4 Å². The summed E-state index contributed by atoms with van der Waals surface area (Å²) in [7, 11) is -2.03. The second-order valence-corrected chi connectivity index (χ2v) is 10.4. The number of fused-ring (bicyclic) bond motifs is 1. The second-order valence-electron chi connectivity index (χ2n) is 8.54. The highest BCUT2D eigenvalue weighted by Gasteiger charge is 2.32. The van der Waals surface area contributed by atoms with Gasteiger partial charge >= 0.3 is 0 Å². The molecule has 8 heteroatoms. The molecule has 0 amide bonds. The fourth-order valence-corrected chi connectivity index (χ4v) is 5.59. The van der Waals surface area contributed by atoms with Crippen LogP contribution in [0.25, 0.3) is 45.1 Å². The minimum Gasteiger partial charge on any atom is -0.440 e. The van der Waals surface area contributed by atoms with Gasteiger partial charge in [-0.05, 0) is 37.3 Å². The van der Waals surface area contributed by atoms with Gasteiger partial charge in [0.05, 0.1) is 4.90 Å². The summed E-state index contributed by atoms with van der Waals surface area (Å²) < 4.78 is 41.1. The molecular formula is C28H21N3O4S. The third kappa shape index (κ3) is 3.54. The van der Waals surface area contributed by atoms with Crippen molar-refractivity contribution in [3.63, 3.8) is 0 Å². The number of oxazole rings is 2. The number of para-hydroxylation sites is 1. The number of nitrogens with zero attached hydrogens (tertiary/aromatic N) is 3. The summed E-state index contributed by atoms with van der Waals surface area (Å²) in [6.07, 6.45) is 3.06. The number of hydrogen-bond acceptors (Lipinski definition) is 6. The van der Waals surface area contributed by atoms with Gasteiger partial charge in [-0.25, -0.2) is 18.4 Å². The van der Waals surface area contributed by atoms with E-state index < -0.39 is 9.84 Å². The molecule has 0 fully saturated rings. The molecule has 0 saturated heterocycles. The maximum absolute atomic E-state index is 13.6. The zero-order chi connectivity index (χ0) is 24.9. The highest BCUT2D eigenvalue weighted by molar-refractivity contribution is 7.91. The highest BCUT2D eigenvalue weighted by atomic mass is 32.2. The van der Waals surface area contributed by atoms with Crippen LogP contribution in [0, 0.1) is 6.92 Å². The van der Waals surface area contributed by atoms with Crippen molar-refractivity contribution in [2.75, 3.05) is 0 Å². The fourth-order valence-electron chi connectivity index (χ4n) is 4.30. The molecule has 0 bridgehead atoms. The number of benzene rings is 3. The Hall–Kier alpha value is -4.43. The van der Waals surface area contributed by atoms with Crippen LogP contribution >= 0.6 is 0 Å². The second kappa shape index (κ2) is 8.35. The van der Waals surface area contributed by atoms with Crippen molar-refractivity contribution < 1.29 is 17.3 Å². The van der Waals surface area contributed by atoms with Gasteiger partial charge in [-0.2, -0.15) is 0 Å². The third-order valence-electron chi connectivity index (χ3n) is 6.13. The lowest BCUT2D eigenvalue weighted by atomic mass is 10.1. The van der Waals surface area contributed by atoms with E-state index >= 15 is 0 Å². The molecule has 36 heavy (non-hydrogen) atoms. The molecule has 178 valence electrons. The lowest BCUT2D eigenvalue weighted by Gasteiger charge is -2.04. The van der Waals surface area contributed by atoms with Crippen LogP contribution in [0.4, 0.5) is 0 Å². The summed E-state index contributed by atoms with van der Waals surface area (Å²) in [4.78, 5) is 8.96. The molecule has 0 aliphatic heterocycles. The molecule has 0 aliphatic rings. The first-order valence-electron chi connectivity index (χ1n) is 11.3. The van der Waals surface area contributed by atoms with Gasteiger partial charge in [0.15, 0.2) is 23.6 Å². The van der Waals surface area contributed by atoms with Crippen LogP contribution in [0.2, 0.25) is 0 Å². The minimum atomic E-state index is -3.97. The van der Waals surface area contributed by atoms with E-state index in [-0.39, 0.29) is 21.4 Å². The van der Waals surface area contributed by atoms with Crippen molar-refractivity contribution in [3.8, 4) is 34.2 Å². The van der Waals surface area contributed by atoms with Crippen LogP contribution in [0.1, 0.15) is 5.56 Å². The largest absolute Gasteiger partial charge is 0.440 e. The van der Waals surface area contributed by atoms with Crippen LogP contribution in [-0.4, -0.2) is 23.0 Å². The van der Waals surface area contributed by atoms with E-state index in [1.807, 2.05) is 79.3 Å². The molecule has 0 saturated carbocycles. The van der Waals surface area contributed by atoms with Gasteiger partial charge in [-0.1, -0.05) is 54.1 Å². The fraction of sp³-hybridized carbons (Fsp3) is 0.0714. The number of sulfone groups is 1. The molecule has 0 unspecified atom stereocenters. The number of hydrogen-bond donors (Lipinski definition) is 0. The quantitative estimate of drug-likeness (QED) is 0.279. The van der Waals surface area contributed by atoms with Gasteiger partial charge in [-0.15, -0.1) is 0 Å². The van der Waals surface area contributed by atoms with Gasteiger partial charge in [0.1, 0.15) is 0 Å². The molecule has 0 radical (unpaired) electrons. The normalized spacial score (nSPS) is 11.8. The summed E-state index contributed by atoms with van der Waals surface area (Å²) >= 11 is 0. The summed E-state index contributed by atoms with van der Waals surface area (Å²) in [5.41, 5.74) is 3.76. The zero-order valence-corrected chi connectivity index (χ0v) is 20.4. The molecule has 0 atom stereocenters. The molecule has 6 rings (SSSR count). The molecular weight excluding hydrogens is 474 g/mol. The highest BCUT2D eigenvalue weighted by Crippen LogP contribution is 2.42. The summed E-state index contributed by atoms with van der Waals surface area (Å²) in [5, 5.41) is 0.736.